The van der Waals surface area contributed by atoms with Crippen molar-refractivity contribution in [1.82, 2.24) is 10.2 Å². The average Bonchev–Trinajstić information content (AvgIpc) is 2.62. The second-order valence-electron chi connectivity index (χ2n) is 3.24. The zero-order chi connectivity index (χ0) is 10.7. The number of nitrogens with zero attached hydrogens (tertiary/aromatic N) is 1. The summed E-state index contributed by atoms with van der Waals surface area (Å²) in [6.45, 7) is 2.27. The van der Waals surface area contributed by atoms with Crippen LogP contribution in [0.4, 0.5) is 0 Å². The Bertz CT molecular complexity index is 436. The van der Waals surface area contributed by atoms with Crippen LogP contribution < -0.4 is 10.5 Å². The van der Waals surface area contributed by atoms with E-state index in [0.717, 1.165) is 22.9 Å². The summed E-state index contributed by atoms with van der Waals surface area (Å²) in [5.41, 5.74) is 7.19. The number of rotatable bonds is 3. The van der Waals surface area contributed by atoms with E-state index in [1.807, 2.05) is 37.3 Å². The van der Waals surface area contributed by atoms with Gasteiger partial charge in [0.25, 0.3) is 0 Å². The number of hydrogen-bond donors (Lipinski definition) is 2. The van der Waals surface area contributed by atoms with Crippen molar-refractivity contribution in [2.75, 3.05) is 0 Å². The highest BCUT2D eigenvalue weighted by molar-refractivity contribution is 5.37. The number of para-hydroxylation sites is 1. The van der Waals surface area contributed by atoms with Gasteiger partial charge in [-0.15, -0.1) is 0 Å². The van der Waals surface area contributed by atoms with Gasteiger partial charge in [-0.3, -0.25) is 5.10 Å². The first-order valence-corrected chi connectivity index (χ1v) is 4.78. The molecule has 0 spiro atoms. The standard InChI is InChI=1S/C11H13N3O/c1-8-11(10(7-12)14-13-8)15-9-5-3-2-4-6-9/h2-6H,7,12H2,1H3,(H,13,14). The number of hydrogen-bond acceptors (Lipinski definition) is 3. The topological polar surface area (TPSA) is 63.9 Å². The van der Waals surface area contributed by atoms with Gasteiger partial charge >= 0.3 is 0 Å². The normalized spacial score (nSPS) is 10.3. The van der Waals surface area contributed by atoms with Crippen molar-refractivity contribution in [3.63, 3.8) is 0 Å². The second kappa shape index (κ2) is 4.14. The molecule has 0 aliphatic rings. The number of benzene rings is 1. The lowest BCUT2D eigenvalue weighted by Gasteiger charge is -2.05. The third kappa shape index (κ3) is 1.99. The van der Waals surface area contributed by atoms with Gasteiger partial charge < -0.3 is 10.5 Å². The Labute approximate surface area is 88.1 Å². The maximum atomic E-state index is 5.70. The van der Waals surface area contributed by atoms with Crippen LogP contribution in [0.15, 0.2) is 30.3 Å². The van der Waals surface area contributed by atoms with Crippen molar-refractivity contribution in [3.05, 3.63) is 41.7 Å². The van der Waals surface area contributed by atoms with Crippen molar-refractivity contribution in [3.8, 4) is 11.5 Å². The molecule has 15 heavy (non-hydrogen) atoms. The molecule has 0 unspecified atom stereocenters. The van der Waals surface area contributed by atoms with Crippen LogP contribution in [0.2, 0.25) is 0 Å². The van der Waals surface area contributed by atoms with E-state index in [0.29, 0.717) is 6.54 Å². The maximum absolute atomic E-state index is 5.70. The molecule has 0 aliphatic carbocycles. The van der Waals surface area contributed by atoms with Gasteiger partial charge in [0, 0.05) is 6.54 Å². The summed E-state index contributed by atoms with van der Waals surface area (Å²) >= 11 is 0. The van der Waals surface area contributed by atoms with Crippen LogP contribution in [0.3, 0.4) is 0 Å². The molecule has 0 fully saturated rings. The Morgan fingerprint density at radius 3 is 2.73 bits per heavy atom. The maximum Gasteiger partial charge on any atom is 0.172 e. The molecule has 3 N–H and O–H groups in total. The summed E-state index contributed by atoms with van der Waals surface area (Å²) in [6.07, 6.45) is 0. The number of ether oxygens (including phenoxy) is 1. The van der Waals surface area contributed by atoms with Gasteiger partial charge in [0.1, 0.15) is 11.4 Å². The van der Waals surface area contributed by atoms with E-state index in [4.69, 9.17) is 10.5 Å². The average molecular weight is 203 g/mol. The Balaban J connectivity index is 2.27. The Kier molecular flexibility index (Phi) is 2.69. The largest absolute Gasteiger partial charge is 0.453 e. The summed E-state index contributed by atoms with van der Waals surface area (Å²) in [6, 6.07) is 9.58. The van der Waals surface area contributed by atoms with Crippen molar-refractivity contribution in [1.29, 1.82) is 0 Å². The molecular weight excluding hydrogens is 190 g/mol. The zero-order valence-electron chi connectivity index (χ0n) is 8.53. The molecule has 2 rings (SSSR count). The first-order chi connectivity index (χ1) is 7.31. The number of aromatic nitrogens is 2. The van der Waals surface area contributed by atoms with Gasteiger partial charge in [-0.05, 0) is 19.1 Å². The molecule has 78 valence electrons. The van der Waals surface area contributed by atoms with Crippen molar-refractivity contribution in [2.24, 2.45) is 5.73 Å². The Morgan fingerprint density at radius 2 is 2.07 bits per heavy atom. The van der Waals surface area contributed by atoms with Gasteiger partial charge in [0.2, 0.25) is 0 Å². The first kappa shape index (κ1) is 9.73. The van der Waals surface area contributed by atoms with Crippen LogP contribution in [0, 0.1) is 6.92 Å². The lowest BCUT2D eigenvalue weighted by atomic mass is 10.3. The minimum Gasteiger partial charge on any atom is -0.453 e. The molecule has 2 aromatic rings. The molecule has 0 amide bonds. The minimum absolute atomic E-state index is 0.368. The molecule has 0 saturated carbocycles. The van der Waals surface area contributed by atoms with Crippen LogP contribution in [-0.4, -0.2) is 10.2 Å². The summed E-state index contributed by atoms with van der Waals surface area (Å²) in [7, 11) is 0. The Morgan fingerprint density at radius 1 is 1.33 bits per heavy atom. The lowest BCUT2D eigenvalue weighted by Crippen LogP contribution is -1.99. The molecule has 0 atom stereocenters. The van der Waals surface area contributed by atoms with Gasteiger partial charge in [-0.1, -0.05) is 18.2 Å². The van der Waals surface area contributed by atoms with Crippen LogP contribution in [0.5, 0.6) is 11.5 Å². The number of aromatic amines is 1. The predicted molar refractivity (Wildman–Crippen MR) is 57.7 cm³/mol. The molecule has 4 nitrogen and oxygen atoms in total. The van der Waals surface area contributed by atoms with Crippen LogP contribution in [-0.2, 0) is 6.54 Å². The van der Waals surface area contributed by atoms with Gasteiger partial charge in [0.15, 0.2) is 5.75 Å². The van der Waals surface area contributed by atoms with Crippen LogP contribution in [0.1, 0.15) is 11.4 Å². The lowest BCUT2D eigenvalue weighted by molar-refractivity contribution is 0.473. The van der Waals surface area contributed by atoms with Crippen molar-refractivity contribution < 1.29 is 4.74 Å². The van der Waals surface area contributed by atoms with Gasteiger partial charge in [0.05, 0.1) is 5.69 Å². The fourth-order valence-electron chi connectivity index (χ4n) is 1.35. The molecule has 4 heteroatoms. The molecule has 0 aliphatic heterocycles. The van der Waals surface area contributed by atoms with Crippen LogP contribution in [0.25, 0.3) is 0 Å². The highest BCUT2D eigenvalue weighted by atomic mass is 16.5. The molecule has 0 bridgehead atoms. The monoisotopic (exact) mass is 203 g/mol. The summed E-state index contributed by atoms with van der Waals surface area (Å²) in [4.78, 5) is 0. The summed E-state index contributed by atoms with van der Waals surface area (Å²) in [5, 5.41) is 6.91. The third-order valence-corrected chi connectivity index (χ3v) is 2.12. The number of aryl methyl sites for hydroxylation is 1. The second-order valence-corrected chi connectivity index (χ2v) is 3.24. The Hall–Kier alpha value is -1.81. The molecule has 1 heterocycles. The molecule has 1 aromatic carbocycles. The number of nitrogens with one attached hydrogen (secondary N) is 1. The SMILES string of the molecule is Cc1[nH]nc(CN)c1Oc1ccccc1. The minimum atomic E-state index is 0.368. The molecular formula is C11H13N3O. The fraction of sp³-hybridized carbons (Fsp3) is 0.182. The van der Waals surface area contributed by atoms with E-state index >= 15 is 0 Å². The summed E-state index contributed by atoms with van der Waals surface area (Å²) < 4.78 is 5.70. The highest BCUT2D eigenvalue weighted by Crippen LogP contribution is 2.26. The van der Waals surface area contributed by atoms with E-state index in [1.165, 1.54) is 0 Å². The summed E-state index contributed by atoms with van der Waals surface area (Å²) in [5.74, 6) is 1.51. The molecule has 1 aromatic heterocycles. The quantitative estimate of drug-likeness (QED) is 0.801. The van der Waals surface area contributed by atoms with Crippen molar-refractivity contribution >= 4 is 0 Å². The first-order valence-electron chi connectivity index (χ1n) is 4.78. The molecule has 0 saturated heterocycles. The van der Waals surface area contributed by atoms with Gasteiger partial charge in [-0.25, -0.2) is 0 Å². The number of H-pyrrole nitrogens is 1. The van der Waals surface area contributed by atoms with E-state index in [1.54, 1.807) is 0 Å². The van der Waals surface area contributed by atoms with Crippen LogP contribution >= 0.6 is 0 Å². The van der Waals surface area contributed by atoms with E-state index in [-0.39, 0.29) is 0 Å². The van der Waals surface area contributed by atoms with E-state index < -0.39 is 0 Å². The van der Waals surface area contributed by atoms with E-state index in [9.17, 15) is 0 Å². The molecule has 0 radical (unpaired) electrons. The fourth-order valence-corrected chi connectivity index (χ4v) is 1.35. The smallest absolute Gasteiger partial charge is 0.172 e. The highest BCUT2D eigenvalue weighted by Gasteiger charge is 2.10. The van der Waals surface area contributed by atoms with E-state index in [2.05, 4.69) is 10.2 Å². The number of nitrogens with two attached hydrogens (primary N) is 1. The van der Waals surface area contributed by atoms with Crippen molar-refractivity contribution in [2.45, 2.75) is 13.5 Å². The zero-order valence-corrected chi connectivity index (χ0v) is 8.53. The van der Waals surface area contributed by atoms with Gasteiger partial charge in [-0.2, -0.15) is 5.10 Å². The third-order valence-electron chi connectivity index (χ3n) is 2.12. The predicted octanol–water partition coefficient (Wildman–Crippen LogP) is 1.97.